The highest BCUT2D eigenvalue weighted by Gasteiger charge is 2.21. The van der Waals surface area contributed by atoms with Crippen LogP contribution in [0.3, 0.4) is 0 Å². The van der Waals surface area contributed by atoms with Crippen molar-refractivity contribution in [2.24, 2.45) is 0 Å². The van der Waals surface area contributed by atoms with Crippen molar-refractivity contribution in [1.82, 2.24) is 24.9 Å². The number of carbonyl (C=O) groups is 1. The van der Waals surface area contributed by atoms with Gasteiger partial charge in [-0.15, -0.1) is 5.10 Å². The predicted molar refractivity (Wildman–Crippen MR) is 119 cm³/mol. The van der Waals surface area contributed by atoms with Crippen molar-refractivity contribution in [3.63, 3.8) is 0 Å². The van der Waals surface area contributed by atoms with Crippen molar-refractivity contribution in [3.05, 3.63) is 75.9 Å². The van der Waals surface area contributed by atoms with Crippen LogP contribution in [-0.2, 0) is 0 Å². The highest BCUT2D eigenvalue weighted by Crippen LogP contribution is 2.30. The molecule has 1 unspecified atom stereocenters. The standard InChI is InChI=1S/C21H17Cl2FN6O2/c22-12-1-4-15(27-10-12)16(31)5-7-26-20(32)18-14(23)3-2-13(19(18)24)11-6-8-30-17(9-11)28-21(25)29-30/h1-4,6,8-10,16,31H,5,7H2,(H2,25,29)(H,26,32). The highest BCUT2D eigenvalue weighted by atomic mass is 35.5. The fourth-order valence-corrected chi connectivity index (χ4v) is 3.54. The number of nitrogen functional groups attached to an aromatic ring is 1. The van der Waals surface area contributed by atoms with E-state index in [-0.39, 0.29) is 35.1 Å². The summed E-state index contributed by atoms with van der Waals surface area (Å²) < 4.78 is 16.7. The van der Waals surface area contributed by atoms with E-state index < -0.39 is 17.8 Å². The molecule has 0 aliphatic carbocycles. The monoisotopic (exact) mass is 474 g/mol. The molecule has 3 aromatic heterocycles. The number of pyridine rings is 2. The van der Waals surface area contributed by atoms with Crippen molar-refractivity contribution >= 4 is 40.7 Å². The average molecular weight is 475 g/mol. The van der Waals surface area contributed by atoms with E-state index in [2.05, 4.69) is 20.4 Å². The Bertz CT molecular complexity index is 1300. The number of nitrogens with zero attached hydrogens (tertiary/aromatic N) is 4. The number of nitrogens with one attached hydrogen (secondary N) is 1. The molecule has 1 aromatic carbocycles. The Labute approximate surface area is 191 Å². The summed E-state index contributed by atoms with van der Waals surface area (Å²) in [6, 6.07) is 9.36. The van der Waals surface area contributed by atoms with Gasteiger partial charge in [-0.1, -0.05) is 23.2 Å². The number of benzene rings is 1. The van der Waals surface area contributed by atoms with Gasteiger partial charge in [-0.2, -0.15) is 4.98 Å². The number of amides is 1. The van der Waals surface area contributed by atoms with Crippen LogP contribution >= 0.6 is 23.2 Å². The van der Waals surface area contributed by atoms with Crippen LogP contribution in [-0.4, -0.2) is 37.1 Å². The maximum absolute atomic E-state index is 15.3. The van der Waals surface area contributed by atoms with E-state index in [1.807, 2.05) is 0 Å². The molecular formula is C21H17Cl2FN6O2. The SMILES string of the molecule is Nc1nc2cc(-c3ccc(Cl)c(C(=O)NCCC(O)c4ccc(Cl)cn4)c3F)ccn2n1. The van der Waals surface area contributed by atoms with Crippen LogP contribution in [0.2, 0.25) is 10.0 Å². The van der Waals surface area contributed by atoms with Gasteiger partial charge in [-0.05, 0) is 48.4 Å². The first-order valence-corrected chi connectivity index (χ1v) is 10.3. The van der Waals surface area contributed by atoms with Crippen molar-refractivity contribution in [2.75, 3.05) is 12.3 Å². The van der Waals surface area contributed by atoms with Crippen molar-refractivity contribution in [3.8, 4) is 11.1 Å². The number of halogens is 3. The van der Waals surface area contributed by atoms with Crippen LogP contribution in [0.15, 0.2) is 48.8 Å². The molecule has 0 aliphatic heterocycles. The fraction of sp³-hybridized carbons (Fsp3) is 0.143. The van der Waals surface area contributed by atoms with E-state index in [0.717, 1.165) is 0 Å². The lowest BCUT2D eigenvalue weighted by molar-refractivity contribution is 0.0938. The van der Waals surface area contributed by atoms with Gasteiger partial charge < -0.3 is 16.2 Å². The maximum atomic E-state index is 15.3. The summed E-state index contributed by atoms with van der Waals surface area (Å²) in [5.74, 6) is -1.38. The maximum Gasteiger partial charge on any atom is 0.255 e. The molecule has 4 N–H and O–H groups in total. The zero-order valence-electron chi connectivity index (χ0n) is 16.5. The second-order valence-corrected chi connectivity index (χ2v) is 7.78. The van der Waals surface area contributed by atoms with Crippen LogP contribution in [0.5, 0.6) is 0 Å². The molecule has 164 valence electrons. The molecule has 1 atom stereocenters. The van der Waals surface area contributed by atoms with Gasteiger partial charge in [0.1, 0.15) is 5.82 Å². The molecule has 4 rings (SSSR count). The van der Waals surface area contributed by atoms with Gasteiger partial charge in [0.15, 0.2) is 5.65 Å². The lowest BCUT2D eigenvalue weighted by Gasteiger charge is -2.13. The van der Waals surface area contributed by atoms with Gasteiger partial charge in [-0.3, -0.25) is 9.78 Å². The number of hydrogen-bond acceptors (Lipinski definition) is 6. The first-order chi connectivity index (χ1) is 15.3. The number of hydrogen-bond donors (Lipinski definition) is 3. The zero-order valence-corrected chi connectivity index (χ0v) is 18.0. The van der Waals surface area contributed by atoms with Crippen LogP contribution in [0.25, 0.3) is 16.8 Å². The van der Waals surface area contributed by atoms with Gasteiger partial charge in [0, 0.05) is 24.5 Å². The minimum atomic E-state index is -0.915. The van der Waals surface area contributed by atoms with Gasteiger partial charge in [-0.25, -0.2) is 8.91 Å². The number of aliphatic hydroxyl groups is 1. The molecular weight excluding hydrogens is 458 g/mol. The van der Waals surface area contributed by atoms with Crippen LogP contribution < -0.4 is 11.1 Å². The Morgan fingerprint density at radius 3 is 2.81 bits per heavy atom. The molecule has 0 spiro atoms. The van der Waals surface area contributed by atoms with E-state index in [1.54, 1.807) is 30.5 Å². The third-order valence-electron chi connectivity index (χ3n) is 4.78. The van der Waals surface area contributed by atoms with Gasteiger partial charge in [0.05, 0.1) is 27.4 Å². The molecule has 0 saturated heterocycles. The molecule has 8 nitrogen and oxygen atoms in total. The third kappa shape index (κ3) is 4.50. The average Bonchev–Trinajstić information content (AvgIpc) is 3.13. The summed E-state index contributed by atoms with van der Waals surface area (Å²) in [6.45, 7) is 0.0787. The Kier molecular flexibility index (Phi) is 6.22. The van der Waals surface area contributed by atoms with E-state index in [4.69, 9.17) is 28.9 Å². The fourth-order valence-electron chi connectivity index (χ4n) is 3.19. The topological polar surface area (TPSA) is 118 Å². The van der Waals surface area contributed by atoms with E-state index >= 15 is 4.39 Å². The van der Waals surface area contributed by atoms with E-state index in [0.29, 0.717) is 21.9 Å². The quantitative estimate of drug-likeness (QED) is 0.392. The largest absolute Gasteiger partial charge is 0.387 e. The van der Waals surface area contributed by atoms with Crippen LogP contribution in [0, 0.1) is 5.82 Å². The summed E-state index contributed by atoms with van der Waals surface area (Å²) in [6.07, 6.45) is 2.27. The predicted octanol–water partition coefficient (Wildman–Crippen LogP) is 3.67. The zero-order chi connectivity index (χ0) is 22.8. The van der Waals surface area contributed by atoms with Gasteiger partial charge in [0.2, 0.25) is 5.95 Å². The van der Waals surface area contributed by atoms with E-state index in [1.165, 1.54) is 22.8 Å². The molecule has 0 bridgehead atoms. The Morgan fingerprint density at radius 1 is 1.25 bits per heavy atom. The lowest BCUT2D eigenvalue weighted by Crippen LogP contribution is -2.27. The van der Waals surface area contributed by atoms with Gasteiger partial charge in [0.25, 0.3) is 5.91 Å². The third-order valence-corrected chi connectivity index (χ3v) is 5.32. The summed E-state index contributed by atoms with van der Waals surface area (Å²) in [5, 5.41) is 17.2. The first-order valence-electron chi connectivity index (χ1n) is 9.51. The highest BCUT2D eigenvalue weighted by molar-refractivity contribution is 6.34. The minimum absolute atomic E-state index is 0.0310. The lowest BCUT2D eigenvalue weighted by atomic mass is 10.0. The Morgan fingerprint density at radius 2 is 2.06 bits per heavy atom. The van der Waals surface area contributed by atoms with Crippen LogP contribution in [0.1, 0.15) is 28.6 Å². The molecule has 32 heavy (non-hydrogen) atoms. The molecule has 0 fully saturated rings. The Balaban J connectivity index is 1.51. The molecule has 0 radical (unpaired) electrons. The normalized spacial score (nSPS) is 12.1. The molecule has 4 aromatic rings. The summed E-state index contributed by atoms with van der Waals surface area (Å²) in [4.78, 5) is 20.7. The number of carbonyl (C=O) groups excluding carboxylic acids is 1. The molecule has 0 saturated carbocycles. The molecule has 11 heteroatoms. The second-order valence-electron chi connectivity index (χ2n) is 6.93. The van der Waals surface area contributed by atoms with E-state index in [9.17, 15) is 9.90 Å². The van der Waals surface area contributed by atoms with Crippen molar-refractivity contribution in [1.29, 1.82) is 0 Å². The molecule has 3 heterocycles. The number of nitrogens with two attached hydrogens (primary N) is 1. The summed E-state index contributed by atoms with van der Waals surface area (Å²) in [7, 11) is 0. The van der Waals surface area contributed by atoms with Gasteiger partial charge >= 0.3 is 0 Å². The number of aliphatic hydroxyl groups excluding tert-OH is 1. The number of anilines is 1. The minimum Gasteiger partial charge on any atom is -0.387 e. The summed E-state index contributed by atoms with van der Waals surface area (Å²) >= 11 is 11.9. The van der Waals surface area contributed by atoms with Crippen LogP contribution in [0.4, 0.5) is 10.3 Å². The smallest absolute Gasteiger partial charge is 0.255 e. The number of rotatable bonds is 6. The first kappa shape index (κ1) is 21.9. The second kappa shape index (κ2) is 9.07. The number of fused-ring (bicyclic) bond motifs is 1. The Hall–Kier alpha value is -3.27. The molecule has 1 amide bonds. The number of aromatic nitrogens is 4. The van der Waals surface area contributed by atoms with Crippen molar-refractivity contribution < 1.29 is 14.3 Å². The van der Waals surface area contributed by atoms with Crippen molar-refractivity contribution in [2.45, 2.75) is 12.5 Å². The summed E-state index contributed by atoms with van der Waals surface area (Å²) in [5.41, 5.74) is 6.81. The molecule has 0 aliphatic rings.